The number of carbonyl (C=O) groups is 1. The zero-order valence-corrected chi connectivity index (χ0v) is 17.8. The maximum Gasteiger partial charge on any atom is 0.262 e. The third kappa shape index (κ3) is 6.01. The summed E-state index contributed by atoms with van der Waals surface area (Å²) < 4.78 is 5.57. The Hall–Kier alpha value is -2.97. The minimum absolute atomic E-state index is 0.185. The number of hydrogen-bond acceptors (Lipinski definition) is 3. The molecule has 0 saturated heterocycles. The van der Waals surface area contributed by atoms with Crippen LogP contribution < -0.4 is 10.1 Å². The Morgan fingerprint density at radius 1 is 1.00 bits per heavy atom. The summed E-state index contributed by atoms with van der Waals surface area (Å²) in [6.07, 6.45) is 1.74. The summed E-state index contributed by atoms with van der Waals surface area (Å²) in [5.41, 5.74) is 2.54. The Morgan fingerprint density at radius 3 is 2.47 bits per heavy atom. The Balaban J connectivity index is 1.66. The first-order chi connectivity index (χ1) is 14.4. The van der Waals surface area contributed by atoms with Crippen LogP contribution in [0.5, 0.6) is 5.75 Å². The van der Waals surface area contributed by atoms with Gasteiger partial charge in [0.05, 0.1) is 21.7 Å². The lowest BCUT2D eigenvalue weighted by Crippen LogP contribution is -2.20. The second-order valence-electron chi connectivity index (χ2n) is 6.21. The number of nitrogens with one attached hydrogen (secondary N) is 1. The van der Waals surface area contributed by atoms with Gasteiger partial charge in [0.2, 0.25) is 0 Å². The van der Waals surface area contributed by atoms with Crippen LogP contribution >= 0.6 is 34.8 Å². The molecule has 0 unspecified atom stereocenters. The van der Waals surface area contributed by atoms with Crippen molar-refractivity contribution >= 4 is 58.0 Å². The lowest BCUT2D eigenvalue weighted by molar-refractivity contribution is -0.118. The molecular formula is C23H15Cl3N2O2. The molecule has 0 aromatic heterocycles. The molecular weight excluding hydrogens is 443 g/mol. The number of anilines is 1. The summed E-state index contributed by atoms with van der Waals surface area (Å²) in [6.45, 7) is -0.185. The van der Waals surface area contributed by atoms with E-state index in [-0.39, 0.29) is 12.5 Å². The molecule has 0 atom stereocenters. The number of amides is 1. The Kier molecular flexibility index (Phi) is 7.37. The van der Waals surface area contributed by atoms with Crippen LogP contribution in [-0.4, -0.2) is 12.5 Å². The van der Waals surface area contributed by atoms with Crippen molar-refractivity contribution in [3.63, 3.8) is 0 Å². The van der Waals surface area contributed by atoms with Gasteiger partial charge < -0.3 is 10.1 Å². The largest absolute Gasteiger partial charge is 0.484 e. The zero-order valence-electron chi connectivity index (χ0n) is 15.5. The van der Waals surface area contributed by atoms with E-state index < -0.39 is 0 Å². The zero-order chi connectivity index (χ0) is 21.5. The van der Waals surface area contributed by atoms with Crippen molar-refractivity contribution in [1.82, 2.24) is 0 Å². The monoisotopic (exact) mass is 456 g/mol. The lowest BCUT2D eigenvalue weighted by Gasteiger charge is -2.09. The fourth-order valence-corrected chi connectivity index (χ4v) is 3.01. The maximum atomic E-state index is 12.1. The number of hydrogen-bond donors (Lipinski definition) is 1. The molecule has 0 aliphatic carbocycles. The van der Waals surface area contributed by atoms with E-state index in [0.29, 0.717) is 32.1 Å². The van der Waals surface area contributed by atoms with Gasteiger partial charge >= 0.3 is 0 Å². The lowest BCUT2D eigenvalue weighted by atomic mass is 10.0. The molecule has 3 rings (SSSR count). The van der Waals surface area contributed by atoms with Gasteiger partial charge in [0.25, 0.3) is 5.91 Å². The molecule has 30 heavy (non-hydrogen) atoms. The number of carbonyl (C=O) groups excluding carboxylic acids is 1. The average molecular weight is 458 g/mol. The first kappa shape index (κ1) is 21.7. The third-order valence-corrected chi connectivity index (χ3v) is 5.01. The minimum Gasteiger partial charge on any atom is -0.484 e. The smallest absolute Gasteiger partial charge is 0.262 e. The average Bonchev–Trinajstić information content (AvgIpc) is 2.74. The molecule has 0 aliphatic rings. The molecule has 0 spiro atoms. The van der Waals surface area contributed by atoms with Crippen LogP contribution in [0.25, 0.3) is 11.6 Å². The molecule has 1 N–H and O–H groups in total. The predicted octanol–water partition coefficient (Wildman–Crippen LogP) is 6.73. The highest BCUT2D eigenvalue weighted by Crippen LogP contribution is 2.25. The molecule has 7 heteroatoms. The summed E-state index contributed by atoms with van der Waals surface area (Å²) in [4.78, 5) is 12.1. The van der Waals surface area contributed by atoms with Gasteiger partial charge in [-0.1, -0.05) is 59.1 Å². The summed E-state index contributed by atoms with van der Waals surface area (Å²) in [7, 11) is 0. The van der Waals surface area contributed by atoms with Crippen LogP contribution in [0, 0.1) is 11.3 Å². The Bertz CT molecular complexity index is 1140. The van der Waals surface area contributed by atoms with E-state index in [1.807, 2.05) is 6.07 Å². The number of nitrogens with zero attached hydrogens (tertiary/aromatic N) is 1. The van der Waals surface area contributed by atoms with Gasteiger partial charge in [0.1, 0.15) is 5.75 Å². The highest BCUT2D eigenvalue weighted by Gasteiger charge is 2.07. The van der Waals surface area contributed by atoms with Crippen molar-refractivity contribution in [1.29, 1.82) is 5.26 Å². The highest BCUT2D eigenvalue weighted by molar-refractivity contribution is 6.42. The fraction of sp³-hybridized carbons (Fsp3) is 0.0435. The molecule has 0 heterocycles. The van der Waals surface area contributed by atoms with E-state index in [9.17, 15) is 10.1 Å². The van der Waals surface area contributed by atoms with Gasteiger partial charge in [-0.05, 0) is 59.7 Å². The quantitative estimate of drug-likeness (QED) is 0.330. The fourth-order valence-electron chi connectivity index (χ4n) is 2.59. The van der Waals surface area contributed by atoms with Crippen molar-refractivity contribution in [2.45, 2.75) is 0 Å². The van der Waals surface area contributed by atoms with Gasteiger partial charge in [-0.15, -0.1) is 0 Å². The minimum atomic E-state index is -0.340. The van der Waals surface area contributed by atoms with Crippen LogP contribution in [0.3, 0.4) is 0 Å². The van der Waals surface area contributed by atoms with Gasteiger partial charge in [-0.2, -0.15) is 5.26 Å². The molecule has 1 amide bonds. The second-order valence-corrected chi connectivity index (χ2v) is 7.47. The molecule has 4 nitrogen and oxygen atoms in total. The molecule has 0 fully saturated rings. The molecule has 0 radical (unpaired) electrons. The Morgan fingerprint density at radius 2 is 1.77 bits per heavy atom. The van der Waals surface area contributed by atoms with Crippen molar-refractivity contribution in [3.8, 4) is 11.8 Å². The van der Waals surface area contributed by atoms with Crippen molar-refractivity contribution in [3.05, 3.63) is 92.9 Å². The van der Waals surface area contributed by atoms with Gasteiger partial charge in [-0.25, -0.2) is 0 Å². The molecule has 0 bridgehead atoms. The van der Waals surface area contributed by atoms with E-state index in [0.717, 1.165) is 11.1 Å². The SMILES string of the molecule is N#C/C(=C\c1cccc(OCC(=O)Nc2ccc(Cl)c(Cl)c2)c1)c1ccc(Cl)cc1. The standard InChI is InChI=1S/C23H15Cl3N2O2/c24-18-6-4-16(5-7-18)17(13-27)10-15-2-1-3-20(11-15)30-14-23(29)28-19-8-9-21(25)22(26)12-19/h1-12H,14H2,(H,28,29)/b17-10+. The van der Waals surface area contributed by atoms with Crippen molar-refractivity contribution < 1.29 is 9.53 Å². The molecule has 0 saturated carbocycles. The van der Waals surface area contributed by atoms with Crippen molar-refractivity contribution in [2.24, 2.45) is 0 Å². The number of rotatable bonds is 6. The van der Waals surface area contributed by atoms with Crippen LogP contribution in [0.2, 0.25) is 15.1 Å². The normalized spacial score (nSPS) is 10.9. The summed E-state index contributed by atoms with van der Waals surface area (Å²) in [5.74, 6) is 0.162. The van der Waals surface area contributed by atoms with Crippen LogP contribution in [-0.2, 0) is 4.79 Å². The predicted molar refractivity (Wildman–Crippen MR) is 122 cm³/mol. The third-order valence-electron chi connectivity index (χ3n) is 4.02. The Labute approximate surface area is 189 Å². The van der Waals surface area contributed by atoms with E-state index in [1.165, 1.54) is 0 Å². The summed E-state index contributed by atoms with van der Waals surface area (Å²) in [5, 5.41) is 13.5. The highest BCUT2D eigenvalue weighted by atomic mass is 35.5. The van der Waals surface area contributed by atoms with Gasteiger partial charge in [0.15, 0.2) is 6.61 Å². The van der Waals surface area contributed by atoms with Crippen molar-refractivity contribution in [2.75, 3.05) is 11.9 Å². The number of ether oxygens (including phenoxy) is 1. The second kappa shape index (κ2) is 10.2. The molecule has 150 valence electrons. The summed E-state index contributed by atoms with van der Waals surface area (Å²) in [6, 6.07) is 21.1. The molecule has 3 aromatic rings. The summed E-state index contributed by atoms with van der Waals surface area (Å²) >= 11 is 17.7. The number of halogens is 3. The number of allylic oxidation sites excluding steroid dienone is 1. The first-order valence-corrected chi connectivity index (χ1v) is 9.93. The van der Waals surface area contributed by atoms with Crippen LogP contribution in [0.4, 0.5) is 5.69 Å². The van der Waals surface area contributed by atoms with Crippen LogP contribution in [0.15, 0.2) is 66.7 Å². The van der Waals surface area contributed by atoms with Gasteiger partial charge in [-0.3, -0.25) is 4.79 Å². The van der Waals surface area contributed by atoms with Crippen LogP contribution in [0.1, 0.15) is 11.1 Å². The van der Waals surface area contributed by atoms with E-state index >= 15 is 0 Å². The first-order valence-electron chi connectivity index (χ1n) is 8.80. The molecule has 0 aliphatic heterocycles. The maximum absolute atomic E-state index is 12.1. The number of benzene rings is 3. The van der Waals surface area contributed by atoms with E-state index in [1.54, 1.807) is 66.7 Å². The topological polar surface area (TPSA) is 62.1 Å². The molecule has 3 aromatic carbocycles. The van der Waals surface area contributed by atoms with E-state index in [2.05, 4.69) is 11.4 Å². The number of nitriles is 1. The van der Waals surface area contributed by atoms with E-state index in [4.69, 9.17) is 39.5 Å². The van der Waals surface area contributed by atoms with Gasteiger partial charge in [0, 0.05) is 10.7 Å².